The third-order valence-corrected chi connectivity index (χ3v) is 4.69. The first-order chi connectivity index (χ1) is 8.43. The number of nitrogens with one attached hydrogen (secondary N) is 1. The summed E-state index contributed by atoms with van der Waals surface area (Å²) >= 11 is 7.85. The molecule has 0 amide bonds. The molecule has 1 N–H and O–H groups in total. The Kier molecular flexibility index (Phi) is 6.54. The number of hydrogen-bond donors (Lipinski definition) is 1. The molecule has 18 heavy (non-hydrogen) atoms. The molecule has 0 bridgehead atoms. The summed E-state index contributed by atoms with van der Waals surface area (Å²) in [6.45, 7) is 10.1. The fourth-order valence-electron chi connectivity index (χ4n) is 1.42. The Morgan fingerprint density at radius 1 is 1.28 bits per heavy atom. The molecule has 1 rings (SSSR count). The SMILES string of the molecule is CCC(C)(C)NCC(C)SCc1ccc(Cl)cc1. The average molecular weight is 286 g/mol. The van der Waals surface area contributed by atoms with E-state index in [1.807, 2.05) is 23.9 Å². The van der Waals surface area contributed by atoms with Gasteiger partial charge in [0.25, 0.3) is 0 Å². The zero-order chi connectivity index (χ0) is 13.6. The molecule has 0 saturated heterocycles. The summed E-state index contributed by atoms with van der Waals surface area (Å²) < 4.78 is 0. The van der Waals surface area contributed by atoms with Gasteiger partial charge in [0.05, 0.1) is 0 Å². The van der Waals surface area contributed by atoms with Crippen LogP contribution in [-0.2, 0) is 5.75 Å². The molecule has 0 aliphatic heterocycles. The Bertz CT molecular complexity index is 348. The first-order valence-corrected chi connectivity index (χ1v) is 7.96. The Labute approximate surface area is 121 Å². The smallest absolute Gasteiger partial charge is 0.0406 e. The van der Waals surface area contributed by atoms with Crippen LogP contribution in [0.2, 0.25) is 5.02 Å². The number of halogens is 1. The van der Waals surface area contributed by atoms with Gasteiger partial charge in [0, 0.05) is 28.1 Å². The predicted molar refractivity (Wildman–Crippen MR) is 84.6 cm³/mol. The van der Waals surface area contributed by atoms with Gasteiger partial charge in [-0.1, -0.05) is 37.6 Å². The van der Waals surface area contributed by atoms with Gasteiger partial charge in [0.2, 0.25) is 0 Å². The second kappa shape index (κ2) is 7.42. The summed E-state index contributed by atoms with van der Waals surface area (Å²) in [5, 5.41) is 5.04. The lowest BCUT2D eigenvalue weighted by atomic mass is 10.0. The zero-order valence-corrected chi connectivity index (χ0v) is 13.4. The summed E-state index contributed by atoms with van der Waals surface area (Å²) in [6, 6.07) is 8.12. The van der Waals surface area contributed by atoms with Crippen molar-refractivity contribution in [2.75, 3.05) is 6.54 Å². The van der Waals surface area contributed by atoms with Crippen molar-refractivity contribution in [2.45, 2.75) is 50.7 Å². The minimum atomic E-state index is 0.245. The van der Waals surface area contributed by atoms with Crippen molar-refractivity contribution in [2.24, 2.45) is 0 Å². The van der Waals surface area contributed by atoms with E-state index < -0.39 is 0 Å². The van der Waals surface area contributed by atoms with Gasteiger partial charge >= 0.3 is 0 Å². The van der Waals surface area contributed by atoms with Gasteiger partial charge in [-0.05, 0) is 38.0 Å². The Balaban J connectivity index is 2.29. The fraction of sp³-hybridized carbons (Fsp3) is 0.600. The number of hydrogen-bond acceptors (Lipinski definition) is 2. The van der Waals surface area contributed by atoms with Crippen molar-refractivity contribution in [3.8, 4) is 0 Å². The first-order valence-electron chi connectivity index (χ1n) is 6.54. The molecule has 102 valence electrons. The third kappa shape index (κ3) is 6.12. The highest BCUT2D eigenvalue weighted by molar-refractivity contribution is 7.99. The maximum absolute atomic E-state index is 5.87. The molecule has 0 radical (unpaired) electrons. The monoisotopic (exact) mass is 285 g/mol. The lowest BCUT2D eigenvalue weighted by Gasteiger charge is -2.26. The fourth-order valence-corrected chi connectivity index (χ4v) is 2.42. The highest BCUT2D eigenvalue weighted by Gasteiger charge is 2.15. The Hall–Kier alpha value is -0.180. The van der Waals surface area contributed by atoms with Crippen molar-refractivity contribution in [3.63, 3.8) is 0 Å². The number of thioether (sulfide) groups is 1. The van der Waals surface area contributed by atoms with Crippen LogP contribution in [0.15, 0.2) is 24.3 Å². The minimum absolute atomic E-state index is 0.245. The van der Waals surface area contributed by atoms with Gasteiger partial charge in [0.15, 0.2) is 0 Å². The lowest BCUT2D eigenvalue weighted by molar-refractivity contribution is 0.379. The maximum atomic E-state index is 5.87. The van der Waals surface area contributed by atoms with Crippen molar-refractivity contribution < 1.29 is 0 Å². The second-order valence-corrected chi connectivity index (χ2v) is 7.23. The minimum Gasteiger partial charge on any atom is -0.311 e. The summed E-state index contributed by atoms with van der Waals surface area (Å²) in [5.74, 6) is 1.05. The predicted octanol–water partition coefficient (Wildman–Crippen LogP) is 4.74. The largest absolute Gasteiger partial charge is 0.311 e. The first kappa shape index (κ1) is 15.9. The molecule has 3 heteroatoms. The quantitative estimate of drug-likeness (QED) is 0.776. The average Bonchev–Trinajstić information content (AvgIpc) is 2.36. The van der Waals surface area contributed by atoms with Crippen molar-refractivity contribution >= 4 is 23.4 Å². The summed E-state index contributed by atoms with van der Waals surface area (Å²) in [6.07, 6.45) is 1.15. The molecule has 1 nitrogen and oxygen atoms in total. The van der Waals surface area contributed by atoms with Gasteiger partial charge < -0.3 is 5.32 Å². The molecule has 1 unspecified atom stereocenters. The molecule has 0 aliphatic carbocycles. The Morgan fingerprint density at radius 2 is 1.89 bits per heavy atom. The van der Waals surface area contributed by atoms with E-state index in [2.05, 4.69) is 45.1 Å². The topological polar surface area (TPSA) is 12.0 Å². The number of rotatable bonds is 7. The van der Waals surface area contributed by atoms with Gasteiger partial charge in [-0.25, -0.2) is 0 Å². The normalized spacial score (nSPS) is 13.6. The van der Waals surface area contributed by atoms with E-state index in [0.717, 1.165) is 23.7 Å². The van der Waals surface area contributed by atoms with Crippen molar-refractivity contribution in [3.05, 3.63) is 34.9 Å². The highest BCUT2D eigenvalue weighted by atomic mass is 35.5. The molecular weight excluding hydrogens is 262 g/mol. The molecule has 0 heterocycles. The van der Waals surface area contributed by atoms with Crippen LogP contribution in [-0.4, -0.2) is 17.3 Å². The molecular formula is C15H24ClNS. The molecule has 1 aromatic rings. The zero-order valence-electron chi connectivity index (χ0n) is 11.8. The van der Waals surface area contributed by atoms with Crippen molar-refractivity contribution in [1.29, 1.82) is 0 Å². The van der Waals surface area contributed by atoms with Crippen LogP contribution in [0.1, 0.15) is 39.7 Å². The van der Waals surface area contributed by atoms with E-state index in [9.17, 15) is 0 Å². The van der Waals surface area contributed by atoms with Crippen LogP contribution >= 0.6 is 23.4 Å². The van der Waals surface area contributed by atoms with Crippen LogP contribution in [0.25, 0.3) is 0 Å². The molecule has 1 atom stereocenters. The van der Waals surface area contributed by atoms with E-state index in [1.165, 1.54) is 5.56 Å². The van der Waals surface area contributed by atoms with E-state index >= 15 is 0 Å². The summed E-state index contributed by atoms with van der Waals surface area (Å²) in [7, 11) is 0. The molecule has 0 saturated carbocycles. The summed E-state index contributed by atoms with van der Waals surface area (Å²) in [5.41, 5.74) is 1.58. The lowest BCUT2D eigenvalue weighted by Crippen LogP contribution is -2.41. The van der Waals surface area contributed by atoms with Crippen LogP contribution in [0, 0.1) is 0 Å². The van der Waals surface area contributed by atoms with E-state index in [1.54, 1.807) is 0 Å². The Morgan fingerprint density at radius 3 is 2.44 bits per heavy atom. The van der Waals surface area contributed by atoms with E-state index in [-0.39, 0.29) is 5.54 Å². The van der Waals surface area contributed by atoms with Gasteiger partial charge in [-0.2, -0.15) is 11.8 Å². The van der Waals surface area contributed by atoms with E-state index in [0.29, 0.717) is 5.25 Å². The molecule has 0 spiro atoms. The van der Waals surface area contributed by atoms with Gasteiger partial charge in [-0.15, -0.1) is 0 Å². The highest BCUT2D eigenvalue weighted by Crippen LogP contribution is 2.19. The summed E-state index contributed by atoms with van der Waals surface area (Å²) in [4.78, 5) is 0. The van der Waals surface area contributed by atoms with Crippen LogP contribution in [0.5, 0.6) is 0 Å². The number of benzene rings is 1. The second-order valence-electron chi connectivity index (χ2n) is 5.37. The van der Waals surface area contributed by atoms with Gasteiger partial charge in [-0.3, -0.25) is 0 Å². The molecule has 0 aromatic heterocycles. The van der Waals surface area contributed by atoms with E-state index in [4.69, 9.17) is 11.6 Å². The molecule has 0 aliphatic rings. The van der Waals surface area contributed by atoms with Crippen LogP contribution in [0.4, 0.5) is 0 Å². The molecule has 0 fully saturated rings. The van der Waals surface area contributed by atoms with Crippen LogP contribution < -0.4 is 5.32 Å². The standard InChI is InChI=1S/C15H24ClNS/c1-5-15(3,4)17-10-12(2)18-11-13-6-8-14(16)9-7-13/h6-9,12,17H,5,10-11H2,1-4H3. The maximum Gasteiger partial charge on any atom is 0.0406 e. The van der Waals surface area contributed by atoms with Crippen molar-refractivity contribution in [1.82, 2.24) is 5.32 Å². The third-order valence-electron chi connectivity index (χ3n) is 3.20. The van der Waals surface area contributed by atoms with Crippen LogP contribution in [0.3, 0.4) is 0 Å². The molecule has 1 aromatic carbocycles. The van der Waals surface area contributed by atoms with Gasteiger partial charge in [0.1, 0.15) is 0 Å².